The largest absolute Gasteiger partial charge is 0.315 e. The Kier molecular flexibility index (Phi) is 6.14. The Morgan fingerprint density at radius 2 is 1.90 bits per heavy atom. The van der Waals surface area contributed by atoms with Crippen LogP contribution < -0.4 is 5.32 Å². The highest BCUT2D eigenvalue weighted by Crippen LogP contribution is 2.02. The zero-order valence-electron chi connectivity index (χ0n) is 7.15. The third-order valence-electron chi connectivity index (χ3n) is 1.33. The summed E-state index contributed by atoms with van der Waals surface area (Å²) in [5, 5.41) is 3.67. The first-order valence-electron chi connectivity index (χ1n) is 4.00. The van der Waals surface area contributed by atoms with Crippen molar-refractivity contribution in [1.82, 2.24) is 5.32 Å². The van der Waals surface area contributed by atoms with Crippen LogP contribution in [-0.2, 0) is 0 Å². The van der Waals surface area contributed by atoms with Crippen LogP contribution in [0.3, 0.4) is 0 Å². The number of rotatable bonds is 5. The standard InChI is InChI=1S/C8H18ClN/c1-7(2)10-6-4-5-8(3)9/h7-8,10H,4-6H2,1-3H3. The average molecular weight is 164 g/mol. The minimum atomic E-state index is 0.328. The van der Waals surface area contributed by atoms with E-state index in [1.165, 1.54) is 6.42 Å². The molecule has 0 aromatic heterocycles. The van der Waals surface area contributed by atoms with E-state index >= 15 is 0 Å². The summed E-state index contributed by atoms with van der Waals surface area (Å²) >= 11 is 5.77. The van der Waals surface area contributed by atoms with E-state index < -0.39 is 0 Å². The van der Waals surface area contributed by atoms with Crippen molar-refractivity contribution in [3.8, 4) is 0 Å². The number of halogens is 1. The van der Waals surface area contributed by atoms with Crippen molar-refractivity contribution in [3.05, 3.63) is 0 Å². The van der Waals surface area contributed by atoms with Crippen LogP contribution in [0.15, 0.2) is 0 Å². The Morgan fingerprint density at radius 3 is 2.30 bits per heavy atom. The SMILES string of the molecule is CC(Cl)CCCNC(C)C. The van der Waals surface area contributed by atoms with E-state index in [0.717, 1.165) is 13.0 Å². The van der Waals surface area contributed by atoms with Crippen molar-refractivity contribution in [2.45, 2.75) is 45.0 Å². The smallest absolute Gasteiger partial charge is 0.0308 e. The lowest BCUT2D eigenvalue weighted by molar-refractivity contribution is 0.556. The van der Waals surface area contributed by atoms with Crippen LogP contribution in [0.5, 0.6) is 0 Å². The van der Waals surface area contributed by atoms with Gasteiger partial charge in [0.25, 0.3) is 0 Å². The summed E-state index contributed by atoms with van der Waals surface area (Å²) in [6, 6.07) is 0.602. The molecule has 0 aliphatic heterocycles. The molecule has 0 spiro atoms. The van der Waals surface area contributed by atoms with Gasteiger partial charge >= 0.3 is 0 Å². The van der Waals surface area contributed by atoms with Crippen molar-refractivity contribution < 1.29 is 0 Å². The van der Waals surface area contributed by atoms with E-state index in [1.54, 1.807) is 0 Å². The summed E-state index contributed by atoms with van der Waals surface area (Å²) in [6.45, 7) is 7.44. The second kappa shape index (κ2) is 5.99. The predicted molar refractivity (Wildman–Crippen MR) is 47.7 cm³/mol. The Bertz CT molecular complexity index is 61.7. The maximum atomic E-state index is 5.77. The highest BCUT2D eigenvalue weighted by molar-refractivity contribution is 6.20. The number of nitrogens with one attached hydrogen (secondary N) is 1. The van der Waals surface area contributed by atoms with Crippen molar-refractivity contribution >= 4 is 11.6 Å². The molecule has 0 heterocycles. The second-order valence-electron chi connectivity index (χ2n) is 3.03. The molecule has 1 atom stereocenters. The molecule has 0 aliphatic rings. The molecule has 0 aromatic rings. The van der Waals surface area contributed by atoms with Gasteiger partial charge in [0.2, 0.25) is 0 Å². The van der Waals surface area contributed by atoms with Crippen LogP contribution in [0.4, 0.5) is 0 Å². The highest BCUT2D eigenvalue weighted by Gasteiger charge is 1.95. The second-order valence-corrected chi connectivity index (χ2v) is 3.78. The quantitative estimate of drug-likeness (QED) is 0.485. The number of hydrogen-bond acceptors (Lipinski definition) is 1. The normalized spacial score (nSPS) is 14.1. The van der Waals surface area contributed by atoms with Gasteiger partial charge in [-0.25, -0.2) is 0 Å². The molecule has 0 amide bonds. The first kappa shape index (κ1) is 10.2. The number of hydrogen-bond donors (Lipinski definition) is 1. The zero-order valence-corrected chi connectivity index (χ0v) is 7.91. The van der Waals surface area contributed by atoms with E-state index in [9.17, 15) is 0 Å². The fourth-order valence-electron chi connectivity index (χ4n) is 0.774. The van der Waals surface area contributed by atoms with Gasteiger partial charge in [0.15, 0.2) is 0 Å². The Hall–Kier alpha value is 0.250. The third kappa shape index (κ3) is 8.25. The van der Waals surface area contributed by atoms with Gasteiger partial charge in [-0.15, -0.1) is 11.6 Å². The molecule has 0 fully saturated rings. The first-order chi connectivity index (χ1) is 4.63. The van der Waals surface area contributed by atoms with Crippen LogP contribution in [0.2, 0.25) is 0 Å². The summed E-state index contributed by atoms with van der Waals surface area (Å²) in [4.78, 5) is 0. The third-order valence-corrected chi connectivity index (χ3v) is 1.55. The van der Waals surface area contributed by atoms with Crippen molar-refractivity contribution in [3.63, 3.8) is 0 Å². The monoisotopic (exact) mass is 163 g/mol. The van der Waals surface area contributed by atoms with Gasteiger partial charge < -0.3 is 5.32 Å². The molecule has 10 heavy (non-hydrogen) atoms. The molecule has 1 nitrogen and oxygen atoms in total. The summed E-state index contributed by atoms with van der Waals surface area (Å²) < 4.78 is 0. The molecule has 0 radical (unpaired) electrons. The average Bonchev–Trinajstić information content (AvgIpc) is 1.79. The molecular weight excluding hydrogens is 146 g/mol. The van der Waals surface area contributed by atoms with Crippen LogP contribution in [-0.4, -0.2) is 18.0 Å². The molecule has 0 bridgehead atoms. The molecule has 0 aromatic carbocycles. The van der Waals surface area contributed by atoms with E-state index in [4.69, 9.17) is 11.6 Å². The molecule has 0 aliphatic carbocycles. The highest BCUT2D eigenvalue weighted by atomic mass is 35.5. The lowest BCUT2D eigenvalue weighted by Crippen LogP contribution is -2.23. The lowest BCUT2D eigenvalue weighted by atomic mass is 10.2. The van der Waals surface area contributed by atoms with Crippen molar-refractivity contribution in [2.75, 3.05) is 6.54 Å². The zero-order chi connectivity index (χ0) is 7.98. The molecule has 0 saturated carbocycles. The molecular formula is C8H18ClN. The van der Waals surface area contributed by atoms with Gasteiger partial charge in [-0.3, -0.25) is 0 Å². The molecule has 0 rings (SSSR count). The maximum Gasteiger partial charge on any atom is 0.0308 e. The van der Waals surface area contributed by atoms with Crippen molar-refractivity contribution in [2.24, 2.45) is 0 Å². The number of alkyl halides is 1. The Morgan fingerprint density at radius 1 is 1.30 bits per heavy atom. The molecule has 1 unspecified atom stereocenters. The lowest BCUT2D eigenvalue weighted by Gasteiger charge is -2.07. The van der Waals surface area contributed by atoms with Crippen LogP contribution in [0.25, 0.3) is 0 Å². The van der Waals surface area contributed by atoms with Gasteiger partial charge in [0, 0.05) is 11.4 Å². The van der Waals surface area contributed by atoms with Gasteiger partial charge in [-0.1, -0.05) is 13.8 Å². The van der Waals surface area contributed by atoms with E-state index in [0.29, 0.717) is 11.4 Å². The van der Waals surface area contributed by atoms with E-state index in [-0.39, 0.29) is 0 Å². The van der Waals surface area contributed by atoms with Gasteiger partial charge in [-0.2, -0.15) is 0 Å². The van der Waals surface area contributed by atoms with Gasteiger partial charge in [0.05, 0.1) is 0 Å². The van der Waals surface area contributed by atoms with E-state index in [2.05, 4.69) is 19.2 Å². The van der Waals surface area contributed by atoms with Crippen molar-refractivity contribution in [1.29, 1.82) is 0 Å². The van der Waals surface area contributed by atoms with Gasteiger partial charge in [0.1, 0.15) is 0 Å². The fourth-order valence-corrected chi connectivity index (χ4v) is 0.928. The Balaban J connectivity index is 2.91. The van der Waals surface area contributed by atoms with Crippen LogP contribution >= 0.6 is 11.6 Å². The molecule has 1 N–H and O–H groups in total. The summed E-state index contributed by atoms with van der Waals surface area (Å²) in [7, 11) is 0. The molecule has 0 saturated heterocycles. The molecule has 62 valence electrons. The summed E-state index contributed by atoms with van der Waals surface area (Å²) in [5.41, 5.74) is 0. The predicted octanol–water partition coefficient (Wildman–Crippen LogP) is 2.39. The summed E-state index contributed by atoms with van der Waals surface area (Å²) in [5.74, 6) is 0. The topological polar surface area (TPSA) is 12.0 Å². The Labute approximate surface area is 69.1 Å². The first-order valence-corrected chi connectivity index (χ1v) is 4.44. The molecule has 2 heteroatoms. The minimum Gasteiger partial charge on any atom is -0.315 e. The summed E-state index contributed by atoms with van der Waals surface area (Å²) in [6.07, 6.45) is 2.30. The van der Waals surface area contributed by atoms with E-state index in [1.807, 2.05) is 6.92 Å². The fraction of sp³-hybridized carbons (Fsp3) is 1.00. The maximum absolute atomic E-state index is 5.77. The van der Waals surface area contributed by atoms with Gasteiger partial charge in [-0.05, 0) is 26.3 Å². The van der Waals surface area contributed by atoms with Crippen LogP contribution in [0, 0.1) is 0 Å². The minimum absolute atomic E-state index is 0.328. The van der Waals surface area contributed by atoms with Crippen LogP contribution in [0.1, 0.15) is 33.6 Å².